The maximum absolute atomic E-state index is 13.6. The average molecular weight is 918 g/mol. The molecule has 0 bridgehead atoms. The molecule has 2 aromatic carbocycles. The summed E-state index contributed by atoms with van der Waals surface area (Å²) < 4.78 is 1.43. The molecule has 0 unspecified atom stereocenters. The van der Waals surface area contributed by atoms with Crippen LogP contribution in [-0.2, 0) is 6.54 Å². The second-order valence-corrected chi connectivity index (χ2v) is 14.0. The summed E-state index contributed by atoms with van der Waals surface area (Å²) in [5.74, 6) is -8.13. The molecule has 0 fully saturated rings. The topological polar surface area (TPSA) is 394 Å². The lowest BCUT2D eigenvalue weighted by Crippen LogP contribution is -2.25. The largest absolute Gasteiger partial charge is 0.502 e. The molecule has 0 spiro atoms. The zero-order chi connectivity index (χ0) is 49.3. The summed E-state index contributed by atoms with van der Waals surface area (Å²) in [6, 6.07) is 7.77. The Morgan fingerprint density at radius 1 is 0.791 bits per heavy atom. The van der Waals surface area contributed by atoms with Crippen LogP contribution in [0.4, 0.5) is 40.3 Å². The Kier molecular flexibility index (Phi) is 14.8. The Labute approximate surface area is 374 Å². The molecule has 0 saturated carbocycles. The lowest BCUT2D eigenvalue weighted by atomic mass is 10.1. The molecule has 0 aliphatic carbocycles. The highest BCUT2D eigenvalue weighted by molar-refractivity contribution is 5.97. The molecular weight excluding hydrogens is 883 g/mol. The maximum atomic E-state index is 13.6. The fourth-order valence-corrected chi connectivity index (χ4v) is 6.24. The van der Waals surface area contributed by atoms with Crippen molar-refractivity contribution in [1.82, 2.24) is 24.1 Å². The average Bonchev–Trinajstić information content (AvgIpc) is 3.26. The Balaban J connectivity index is 1.25. The molecule has 0 aliphatic rings. The van der Waals surface area contributed by atoms with Crippen LogP contribution in [0.15, 0.2) is 77.8 Å². The number of aromatic nitrogens is 5. The number of pyridine rings is 2. The van der Waals surface area contributed by atoms with Gasteiger partial charge in [0.2, 0.25) is 23.7 Å². The molecule has 67 heavy (non-hydrogen) atoms. The smallest absolute Gasteiger partial charge is 0.351 e. The highest BCUT2D eigenvalue weighted by atomic mass is 16.4. The minimum atomic E-state index is -1.48. The van der Waals surface area contributed by atoms with E-state index in [0.717, 1.165) is 41.0 Å². The summed E-state index contributed by atoms with van der Waals surface area (Å²) in [5, 5.41) is 89.8. The third-order valence-electron chi connectivity index (χ3n) is 9.66. The van der Waals surface area contributed by atoms with E-state index in [1.165, 1.54) is 13.8 Å². The maximum Gasteiger partial charge on any atom is 0.351 e. The summed E-state index contributed by atoms with van der Waals surface area (Å²) in [6.07, 6.45) is 1.77. The van der Waals surface area contributed by atoms with Crippen molar-refractivity contribution in [2.75, 3.05) is 17.2 Å². The Hall–Kier alpha value is -9.85. The molecule has 0 saturated heterocycles. The lowest BCUT2D eigenvalue weighted by molar-refractivity contribution is 0.0682. The van der Waals surface area contributed by atoms with Crippen LogP contribution in [0.3, 0.4) is 0 Å². The van der Waals surface area contributed by atoms with Gasteiger partial charge in [0.1, 0.15) is 34.5 Å². The van der Waals surface area contributed by atoms with Crippen LogP contribution >= 0.6 is 0 Å². The highest BCUT2D eigenvalue weighted by Gasteiger charge is 2.23. The first-order chi connectivity index (χ1) is 31.8. The van der Waals surface area contributed by atoms with Gasteiger partial charge < -0.3 is 41.3 Å². The van der Waals surface area contributed by atoms with E-state index in [0.29, 0.717) is 30.3 Å². The zero-order valence-corrected chi connectivity index (χ0v) is 34.9. The van der Waals surface area contributed by atoms with Crippen molar-refractivity contribution < 1.29 is 49.8 Å². The van der Waals surface area contributed by atoms with Crippen LogP contribution in [0.1, 0.15) is 83.8 Å². The van der Waals surface area contributed by atoms with Gasteiger partial charge in [0.25, 0.3) is 16.8 Å². The zero-order valence-electron chi connectivity index (χ0n) is 34.9. The summed E-state index contributed by atoms with van der Waals surface area (Å²) in [5.41, 5.74) is -7.02. The molecule has 0 atom stereocenters. The summed E-state index contributed by atoms with van der Waals surface area (Å²) in [6.45, 7) is 14.0. The van der Waals surface area contributed by atoms with E-state index in [4.69, 9.17) is 6.57 Å². The van der Waals surface area contributed by atoms with E-state index in [1.807, 2.05) is 0 Å². The van der Waals surface area contributed by atoms with Crippen molar-refractivity contribution in [2.24, 2.45) is 20.5 Å². The number of benzene rings is 2. The molecule has 5 rings (SSSR count). The summed E-state index contributed by atoms with van der Waals surface area (Å²) in [7, 11) is 0. The van der Waals surface area contributed by atoms with E-state index in [1.54, 1.807) is 6.07 Å². The number of carbonyl (C=O) groups is 4. The predicted octanol–water partition coefficient (Wildman–Crippen LogP) is 5.78. The summed E-state index contributed by atoms with van der Waals surface area (Å²) >= 11 is 0. The number of hydrogen-bond donors (Lipinski definition) is 9. The number of carboxylic acid groups (broad SMARTS) is 4. The van der Waals surface area contributed by atoms with Crippen LogP contribution in [-0.4, -0.2) is 85.1 Å². The second kappa shape index (κ2) is 20.6. The van der Waals surface area contributed by atoms with Gasteiger partial charge in [-0.3, -0.25) is 19.1 Å². The van der Waals surface area contributed by atoms with Gasteiger partial charge >= 0.3 is 29.6 Å². The van der Waals surface area contributed by atoms with Crippen LogP contribution in [0, 0.1) is 31.8 Å². The summed E-state index contributed by atoms with van der Waals surface area (Å²) in [4.78, 5) is 99.3. The van der Waals surface area contributed by atoms with Crippen molar-refractivity contribution in [3.8, 4) is 17.8 Å². The molecule has 0 radical (unpaired) electrons. The number of unbranched alkanes of at least 4 members (excludes halogenated alkanes) is 3. The molecule has 5 aromatic rings. The quantitative estimate of drug-likeness (QED) is 0.0269. The Morgan fingerprint density at radius 3 is 1.87 bits per heavy atom. The monoisotopic (exact) mass is 917 g/mol. The number of nitrogens with one attached hydrogen (secondary N) is 3. The SMILES string of the molecule is [C-]#[N+]c1c(C)c(N=Nc2cc(C(=O)O)ccc2C(=O)O)c(=O)n(C(=C)Nc2nc(NCCCCCCn3c(O)c(C#N)c(C)c(N=Nc4cc(C(=O)O)ccc4C(=O)O)c3=O)nc(=O)[nH]2)c1O. The van der Waals surface area contributed by atoms with Crippen LogP contribution < -0.4 is 27.4 Å². The van der Waals surface area contributed by atoms with Gasteiger partial charge in [-0.1, -0.05) is 19.4 Å². The van der Waals surface area contributed by atoms with Crippen molar-refractivity contribution >= 4 is 70.0 Å². The minimum Gasteiger partial charge on any atom is -0.502 e. The van der Waals surface area contributed by atoms with Gasteiger partial charge in [-0.2, -0.15) is 15.2 Å². The van der Waals surface area contributed by atoms with E-state index >= 15 is 0 Å². The van der Waals surface area contributed by atoms with Crippen molar-refractivity contribution in [3.63, 3.8) is 0 Å². The fourth-order valence-electron chi connectivity index (χ4n) is 6.24. The van der Waals surface area contributed by atoms with Crippen molar-refractivity contribution in [2.45, 2.75) is 46.1 Å². The lowest BCUT2D eigenvalue weighted by Gasteiger charge is -2.16. The molecular formula is C41H35N13O13. The number of aromatic amines is 1. The number of nitrogens with zero attached hydrogens (tertiary/aromatic N) is 10. The van der Waals surface area contributed by atoms with Gasteiger partial charge in [-0.05, 0) is 68.7 Å². The number of azo groups is 2. The minimum absolute atomic E-state index is 0.0430. The molecule has 0 amide bonds. The number of carboxylic acids is 4. The highest BCUT2D eigenvalue weighted by Crippen LogP contribution is 2.36. The van der Waals surface area contributed by atoms with Gasteiger partial charge in [-0.15, -0.1) is 20.5 Å². The third-order valence-corrected chi connectivity index (χ3v) is 9.66. The first-order valence-electron chi connectivity index (χ1n) is 19.2. The Bertz CT molecular complexity index is 3230. The number of nitriles is 1. The third kappa shape index (κ3) is 10.7. The number of anilines is 2. The van der Waals surface area contributed by atoms with Gasteiger partial charge in [-0.25, -0.2) is 33.4 Å². The van der Waals surface area contributed by atoms with Crippen molar-refractivity contribution in [3.05, 3.63) is 125 Å². The molecule has 9 N–H and O–H groups in total. The molecule has 3 aromatic heterocycles. The fraction of sp³-hybridized carbons (Fsp3) is 0.195. The number of rotatable bonds is 19. The molecule has 26 nitrogen and oxygen atoms in total. The number of aromatic hydroxyl groups is 2. The molecule has 0 aliphatic heterocycles. The van der Waals surface area contributed by atoms with Gasteiger partial charge in [0.05, 0.1) is 28.8 Å². The number of H-pyrrole nitrogens is 1. The first-order valence-corrected chi connectivity index (χ1v) is 19.2. The second-order valence-electron chi connectivity index (χ2n) is 14.0. The van der Waals surface area contributed by atoms with Gasteiger partial charge in [0, 0.05) is 18.7 Å². The molecule has 342 valence electrons. The van der Waals surface area contributed by atoms with E-state index in [9.17, 15) is 69.5 Å². The van der Waals surface area contributed by atoms with E-state index in [-0.39, 0.29) is 64.2 Å². The molecule has 26 heteroatoms. The van der Waals surface area contributed by atoms with Crippen molar-refractivity contribution in [1.29, 1.82) is 5.26 Å². The number of aromatic carboxylic acids is 4. The Morgan fingerprint density at radius 2 is 1.34 bits per heavy atom. The first kappa shape index (κ1) is 48.2. The normalized spacial score (nSPS) is 11.0. The standard InChI is InChI=1S/C41H35N13O13/c1-18-25(17-42)31(55)53(32(56)29(18)51-49-26-15-21(35(59)60)9-11-23(26)37(63)64)14-8-6-5-7-13-44-39-46-40(48-41(67)47-39)45-20(3)54-33(57)28(43-4)19(2)30(34(54)58)52-50-27-16-22(36(61)62)10-12-24(27)38(65)66/h9-12,15-16,55,57H,3,5-8,13-14H2,1-2H3,(H,59,60)(H,61,62)(H,63,64)(H,65,66)(H3,44,45,46,47,48,67). The van der Waals surface area contributed by atoms with Crippen LogP contribution in [0.5, 0.6) is 11.8 Å². The van der Waals surface area contributed by atoms with Crippen LogP contribution in [0.25, 0.3) is 10.7 Å². The van der Waals surface area contributed by atoms with Gasteiger partial charge in [0.15, 0.2) is 5.69 Å². The predicted molar refractivity (Wildman–Crippen MR) is 233 cm³/mol. The number of hydrogen-bond acceptors (Lipinski definition) is 18. The molecule has 3 heterocycles. The van der Waals surface area contributed by atoms with E-state index in [2.05, 4.69) is 57.5 Å². The van der Waals surface area contributed by atoms with E-state index < -0.39 is 86.5 Å². The van der Waals surface area contributed by atoms with Crippen LogP contribution in [0.2, 0.25) is 0 Å².